The third kappa shape index (κ3) is 4.48. The van der Waals surface area contributed by atoms with Crippen LogP contribution in [0.1, 0.15) is 86.2 Å². The van der Waals surface area contributed by atoms with E-state index in [1.807, 2.05) is 40.0 Å². The Balaban J connectivity index is 1.09. The largest absolute Gasteiger partial charge is 0.341 e. The molecule has 7 rings (SSSR count). The van der Waals surface area contributed by atoms with Crippen LogP contribution in [-0.4, -0.2) is 57.4 Å². The summed E-state index contributed by atoms with van der Waals surface area (Å²) in [5.74, 6) is -0.956. The van der Waals surface area contributed by atoms with Gasteiger partial charge in [-0.2, -0.15) is 10.4 Å². The first kappa shape index (κ1) is 28.3. The number of imide groups is 1. The molecule has 4 aliphatic rings. The van der Waals surface area contributed by atoms with Crippen LogP contribution in [-0.2, 0) is 26.3 Å². The van der Waals surface area contributed by atoms with Gasteiger partial charge in [-0.15, -0.1) is 0 Å². The number of rotatable bonds is 5. The molecule has 1 unspecified atom stereocenters. The third-order valence-electron chi connectivity index (χ3n) is 10.4. The fourth-order valence-electron chi connectivity index (χ4n) is 7.68. The van der Waals surface area contributed by atoms with E-state index in [1.54, 1.807) is 11.0 Å². The Morgan fingerprint density at radius 1 is 1.07 bits per heavy atom. The summed E-state index contributed by atoms with van der Waals surface area (Å²) in [6, 6.07) is 11.3. The summed E-state index contributed by atoms with van der Waals surface area (Å²) < 4.78 is 2.03. The number of amides is 4. The molecule has 4 amide bonds. The number of anilines is 1. The van der Waals surface area contributed by atoms with Crippen LogP contribution in [0, 0.1) is 16.7 Å². The van der Waals surface area contributed by atoms with Gasteiger partial charge in [0.05, 0.1) is 23.5 Å². The van der Waals surface area contributed by atoms with Crippen molar-refractivity contribution in [1.82, 2.24) is 20.0 Å². The van der Waals surface area contributed by atoms with Gasteiger partial charge in [0.25, 0.3) is 5.91 Å². The lowest BCUT2D eigenvalue weighted by molar-refractivity contribution is -0.142. The number of hydrogen-bond donors (Lipinski definition) is 1. The van der Waals surface area contributed by atoms with E-state index in [-0.39, 0.29) is 29.7 Å². The number of aromatic nitrogens is 2. The zero-order valence-corrected chi connectivity index (χ0v) is 25.0. The molecule has 1 atom stereocenters. The minimum atomic E-state index is -0.853. The molecule has 4 heterocycles. The number of carbonyl (C=O) groups excluding carboxylic acids is 4. The van der Waals surface area contributed by atoms with Crippen molar-refractivity contribution in [3.05, 3.63) is 59.4 Å². The van der Waals surface area contributed by atoms with E-state index in [9.17, 15) is 24.4 Å². The second-order valence-electron chi connectivity index (χ2n) is 13.1. The molecule has 226 valence electrons. The van der Waals surface area contributed by atoms with Gasteiger partial charge in [-0.3, -0.25) is 34.1 Å². The maximum atomic E-state index is 13.5. The summed E-state index contributed by atoms with van der Waals surface area (Å²) >= 11 is 0. The predicted molar refractivity (Wildman–Crippen MR) is 163 cm³/mol. The van der Waals surface area contributed by atoms with Crippen molar-refractivity contribution in [3.63, 3.8) is 0 Å². The smallest absolute Gasteiger partial charge is 0.259 e. The standard InChI is InChI=1S/C34H36N6O4/c1-33(14-16-38(17-15-33)32(44)34(21-35)12-3-2-4-13-34)39-20-22(19-36-39)18-23-8-9-26-29-24(23)6-5-7-25(29)31(43)40(26)27-10-11-28(41)37-30(27)42/h5-9,19-20,27H,2-4,10-18H2,1H3,(H,37,41,42). The number of likely N-dealkylation sites (tertiary alicyclic amines) is 1. The molecule has 1 aliphatic carbocycles. The number of carbonyl (C=O) groups is 4. The van der Waals surface area contributed by atoms with E-state index in [1.165, 1.54) is 0 Å². The highest BCUT2D eigenvalue weighted by Gasteiger charge is 2.45. The van der Waals surface area contributed by atoms with E-state index in [0.29, 0.717) is 50.0 Å². The highest BCUT2D eigenvalue weighted by Crippen LogP contribution is 2.42. The molecule has 10 heteroatoms. The molecule has 1 saturated carbocycles. The normalized spacial score (nSPS) is 22.6. The van der Waals surface area contributed by atoms with Crippen LogP contribution in [0.2, 0.25) is 0 Å². The van der Waals surface area contributed by atoms with E-state index in [4.69, 9.17) is 5.10 Å². The molecule has 0 spiro atoms. The van der Waals surface area contributed by atoms with Crippen molar-refractivity contribution in [2.24, 2.45) is 5.41 Å². The van der Waals surface area contributed by atoms with Gasteiger partial charge in [0.15, 0.2) is 0 Å². The van der Waals surface area contributed by atoms with Crippen molar-refractivity contribution in [2.75, 3.05) is 18.0 Å². The van der Waals surface area contributed by atoms with Crippen LogP contribution >= 0.6 is 0 Å². The molecule has 0 radical (unpaired) electrons. The van der Waals surface area contributed by atoms with Crippen LogP contribution < -0.4 is 10.2 Å². The molecule has 3 aromatic rings. The highest BCUT2D eigenvalue weighted by molar-refractivity contribution is 6.27. The Kier molecular flexibility index (Phi) is 6.80. The topological polar surface area (TPSA) is 128 Å². The van der Waals surface area contributed by atoms with Crippen LogP contribution in [0.4, 0.5) is 5.69 Å². The first-order valence-electron chi connectivity index (χ1n) is 15.7. The number of hydrogen-bond acceptors (Lipinski definition) is 6. The molecular formula is C34H36N6O4. The van der Waals surface area contributed by atoms with Crippen molar-refractivity contribution in [2.45, 2.75) is 82.7 Å². The molecule has 3 fully saturated rings. The van der Waals surface area contributed by atoms with Crippen molar-refractivity contribution in [1.29, 1.82) is 5.26 Å². The first-order chi connectivity index (χ1) is 21.2. The number of benzene rings is 2. The summed E-state index contributed by atoms with van der Waals surface area (Å²) in [6.45, 7) is 3.40. The van der Waals surface area contributed by atoms with Gasteiger partial charge in [-0.1, -0.05) is 37.5 Å². The summed E-state index contributed by atoms with van der Waals surface area (Å²) in [7, 11) is 0. The van der Waals surface area contributed by atoms with Gasteiger partial charge in [0.2, 0.25) is 17.7 Å². The lowest BCUT2D eigenvalue weighted by Gasteiger charge is -2.42. The molecule has 1 N–H and O–H groups in total. The van der Waals surface area contributed by atoms with Gasteiger partial charge in [-0.25, -0.2) is 0 Å². The summed E-state index contributed by atoms with van der Waals surface area (Å²) in [5.41, 5.74) is 2.28. The monoisotopic (exact) mass is 592 g/mol. The summed E-state index contributed by atoms with van der Waals surface area (Å²) in [4.78, 5) is 54.7. The minimum absolute atomic E-state index is 0.00427. The Labute approximate surface area is 256 Å². The van der Waals surface area contributed by atoms with Crippen LogP contribution in [0.5, 0.6) is 0 Å². The van der Waals surface area contributed by atoms with E-state index < -0.39 is 17.4 Å². The fourth-order valence-corrected chi connectivity index (χ4v) is 7.68. The number of piperidine rings is 2. The van der Waals surface area contributed by atoms with Gasteiger partial charge < -0.3 is 4.90 Å². The van der Waals surface area contributed by atoms with Gasteiger partial charge in [-0.05, 0) is 67.7 Å². The zero-order chi connectivity index (χ0) is 30.6. The van der Waals surface area contributed by atoms with Crippen LogP contribution in [0.25, 0.3) is 10.8 Å². The van der Waals surface area contributed by atoms with E-state index in [2.05, 4.69) is 24.5 Å². The Hall–Kier alpha value is -4.52. The minimum Gasteiger partial charge on any atom is -0.341 e. The zero-order valence-electron chi connectivity index (χ0n) is 25.0. The second-order valence-corrected chi connectivity index (χ2v) is 13.1. The van der Waals surface area contributed by atoms with Crippen LogP contribution in [0.15, 0.2) is 42.7 Å². The first-order valence-corrected chi connectivity index (χ1v) is 15.7. The Bertz CT molecular complexity index is 1740. The predicted octanol–water partition coefficient (Wildman–Crippen LogP) is 4.20. The molecular weight excluding hydrogens is 556 g/mol. The van der Waals surface area contributed by atoms with E-state index in [0.717, 1.165) is 54.0 Å². The number of nitriles is 1. The molecule has 3 aliphatic heterocycles. The molecule has 1 aromatic heterocycles. The van der Waals surface area contributed by atoms with Crippen molar-refractivity contribution in [3.8, 4) is 6.07 Å². The second kappa shape index (κ2) is 10.6. The average Bonchev–Trinajstić information content (AvgIpc) is 3.63. The van der Waals surface area contributed by atoms with Crippen LogP contribution in [0.3, 0.4) is 0 Å². The highest BCUT2D eigenvalue weighted by atomic mass is 16.2. The maximum absolute atomic E-state index is 13.5. The van der Waals surface area contributed by atoms with Gasteiger partial charge in [0, 0.05) is 43.1 Å². The third-order valence-corrected chi connectivity index (χ3v) is 10.4. The molecule has 44 heavy (non-hydrogen) atoms. The average molecular weight is 593 g/mol. The lowest BCUT2D eigenvalue weighted by atomic mass is 9.73. The van der Waals surface area contributed by atoms with Crippen molar-refractivity contribution < 1.29 is 19.2 Å². The molecule has 2 aromatic carbocycles. The summed E-state index contributed by atoms with van der Waals surface area (Å²) in [6.07, 6.45) is 10.9. The molecule has 0 bridgehead atoms. The number of nitrogens with zero attached hydrogens (tertiary/aromatic N) is 5. The Morgan fingerprint density at radius 3 is 2.57 bits per heavy atom. The fraction of sp³-hybridized carbons (Fsp3) is 0.471. The molecule has 10 nitrogen and oxygen atoms in total. The number of nitrogens with one attached hydrogen (secondary N) is 1. The van der Waals surface area contributed by atoms with Crippen molar-refractivity contribution >= 4 is 40.1 Å². The quantitative estimate of drug-likeness (QED) is 0.442. The SMILES string of the molecule is CC1(n2cc(Cc3ccc4c5c(cccc35)C(=O)N4C3CCC(=O)NC3=O)cn2)CCN(C(=O)C2(C#N)CCCCC2)CC1. The van der Waals surface area contributed by atoms with Gasteiger partial charge in [0.1, 0.15) is 11.5 Å². The Morgan fingerprint density at radius 2 is 1.84 bits per heavy atom. The van der Waals surface area contributed by atoms with E-state index >= 15 is 0 Å². The lowest BCUT2D eigenvalue weighted by Crippen LogP contribution is -2.53. The molecule has 2 saturated heterocycles. The van der Waals surface area contributed by atoms with Gasteiger partial charge >= 0.3 is 0 Å². The maximum Gasteiger partial charge on any atom is 0.259 e. The summed E-state index contributed by atoms with van der Waals surface area (Å²) in [5, 5.41) is 18.8.